The van der Waals surface area contributed by atoms with E-state index < -0.39 is 0 Å². The number of anilines is 3. The number of aromatic nitrogens is 1. The fourth-order valence-corrected chi connectivity index (χ4v) is 9.92. The van der Waals surface area contributed by atoms with Crippen molar-refractivity contribution in [2.75, 3.05) is 4.90 Å². The Morgan fingerprint density at radius 3 is 1.65 bits per heavy atom. The van der Waals surface area contributed by atoms with Gasteiger partial charge in [-0.3, -0.25) is 0 Å². The molecule has 3 heteroatoms. The van der Waals surface area contributed by atoms with Crippen LogP contribution in [0, 0.1) is 0 Å². The van der Waals surface area contributed by atoms with E-state index in [1.54, 1.807) is 0 Å². The first-order chi connectivity index (χ1) is 31.2. The minimum Gasteiger partial charge on any atom is -0.455 e. The smallest absolute Gasteiger partial charge is 0.143 e. The summed E-state index contributed by atoms with van der Waals surface area (Å²) in [5.74, 6) is 0. The molecule has 13 rings (SSSR count). The summed E-state index contributed by atoms with van der Waals surface area (Å²) < 4.78 is 8.87. The number of rotatable bonds is 6. The molecular formula is C60H38N2O. The molecule has 0 unspecified atom stereocenters. The summed E-state index contributed by atoms with van der Waals surface area (Å²) in [5.41, 5.74) is 13.3. The van der Waals surface area contributed by atoms with Crippen LogP contribution in [0.15, 0.2) is 235 Å². The predicted molar refractivity (Wildman–Crippen MR) is 266 cm³/mol. The Hall–Kier alpha value is -8.40. The van der Waals surface area contributed by atoms with Gasteiger partial charge in [-0.15, -0.1) is 0 Å². The van der Waals surface area contributed by atoms with Crippen molar-refractivity contribution in [1.82, 2.24) is 4.57 Å². The average molecular weight is 803 g/mol. The molecule has 2 aromatic heterocycles. The third-order valence-corrected chi connectivity index (χ3v) is 12.9. The van der Waals surface area contributed by atoms with Gasteiger partial charge in [0.25, 0.3) is 0 Å². The topological polar surface area (TPSA) is 21.3 Å². The minimum absolute atomic E-state index is 0.896. The zero-order valence-electron chi connectivity index (χ0n) is 34.2. The molecule has 294 valence electrons. The van der Waals surface area contributed by atoms with Gasteiger partial charge in [-0.25, -0.2) is 0 Å². The molecule has 3 nitrogen and oxygen atoms in total. The molecule has 0 N–H and O–H groups in total. The van der Waals surface area contributed by atoms with Crippen LogP contribution >= 0.6 is 0 Å². The molecule has 0 aliphatic rings. The van der Waals surface area contributed by atoms with Gasteiger partial charge in [-0.05, 0) is 128 Å². The lowest BCUT2D eigenvalue weighted by molar-refractivity contribution is 0.672. The van der Waals surface area contributed by atoms with Crippen molar-refractivity contribution in [3.8, 4) is 27.9 Å². The Morgan fingerprint density at radius 1 is 0.302 bits per heavy atom. The maximum Gasteiger partial charge on any atom is 0.143 e. The zero-order valence-corrected chi connectivity index (χ0v) is 34.2. The molecule has 0 aliphatic carbocycles. The van der Waals surface area contributed by atoms with Crippen LogP contribution in [-0.4, -0.2) is 4.57 Å². The molecule has 63 heavy (non-hydrogen) atoms. The van der Waals surface area contributed by atoms with Crippen molar-refractivity contribution < 1.29 is 4.42 Å². The molecule has 0 atom stereocenters. The Balaban J connectivity index is 0.923. The van der Waals surface area contributed by atoms with Gasteiger partial charge in [-0.2, -0.15) is 0 Å². The highest BCUT2D eigenvalue weighted by atomic mass is 16.3. The molecule has 0 saturated carbocycles. The number of furan rings is 1. The van der Waals surface area contributed by atoms with Gasteiger partial charge in [0, 0.05) is 49.7 Å². The van der Waals surface area contributed by atoms with Crippen molar-refractivity contribution in [2.24, 2.45) is 0 Å². The van der Waals surface area contributed by atoms with Gasteiger partial charge in [-0.1, -0.05) is 152 Å². The van der Waals surface area contributed by atoms with Gasteiger partial charge in [0.05, 0.1) is 11.0 Å². The number of fused-ring (bicyclic) bond motifs is 11. The summed E-state index contributed by atoms with van der Waals surface area (Å²) in [6.07, 6.45) is 0. The standard InChI is InChI=1S/C60H38N2O/c1-3-17-50-40(11-1)23-24-45-37-49(31-33-51(45)50)61(47-15-10-14-43(36-47)44-28-34-59-56(38-44)55-32-27-41-12-2-4-18-52(41)60(55)63-59)46-29-25-39(26-30-46)42-13-9-16-48(35-42)62-57-21-7-5-19-53(57)54-20-6-8-22-58(54)62/h1-38H. The van der Waals surface area contributed by atoms with Crippen LogP contribution in [0.4, 0.5) is 17.1 Å². The summed E-state index contributed by atoms with van der Waals surface area (Å²) in [7, 11) is 0. The van der Waals surface area contributed by atoms with Crippen LogP contribution in [0.2, 0.25) is 0 Å². The molecule has 13 aromatic rings. The number of hydrogen-bond acceptors (Lipinski definition) is 2. The van der Waals surface area contributed by atoms with Crippen molar-refractivity contribution >= 4 is 93.1 Å². The van der Waals surface area contributed by atoms with Crippen molar-refractivity contribution in [1.29, 1.82) is 0 Å². The van der Waals surface area contributed by atoms with E-state index in [9.17, 15) is 0 Å². The zero-order chi connectivity index (χ0) is 41.4. The predicted octanol–water partition coefficient (Wildman–Crippen LogP) is 16.9. The van der Waals surface area contributed by atoms with E-state index >= 15 is 0 Å². The van der Waals surface area contributed by atoms with E-state index in [2.05, 4.69) is 240 Å². The fourth-order valence-electron chi connectivity index (χ4n) is 9.92. The van der Waals surface area contributed by atoms with Crippen molar-refractivity contribution in [3.63, 3.8) is 0 Å². The maximum atomic E-state index is 6.49. The summed E-state index contributed by atoms with van der Waals surface area (Å²) in [5, 5.41) is 12.1. The number of nitrogens with zero attached hydrogens (tertiary/aromatic N) is 2. The van der Waals surface area contributed by atoms with Crippen molar-refractivity contribution in [3.05, 3.63) is 231 Å². The van der Waals surface area contributed by atoms with Gasteiger partial charge in [0.15, 0.2) is 0 Å². The molecule has 0 fully saturated rings. The van der Waals surface area contributed by atoms with Gasteiger partial charge >= 0.3 is 0 Å². The van der Waals surface area contributed by atoms with Crippen molar-refractivity contribution in [2.45, 2.75) is 0 Å². The highest BCUT2D eigenvalue weighted by Crippen LogP contribution is 2.42. The quantitative estimate of drug-likeness (QED) is 0.156. The van der Waals surface area contributed by atoms with E-state index in [-0.39, 0.29) is 0 Å². The molecule has 0 aliphatic heterocycles. The first-order valence-corrected chi connectivity index (χ1v) is 21.6. The van der Waals surface area contributed by atoms with Gasteiger partial charge < -0.3 is 13.9 Å². The molecule has 0 spiro atoms. The van der Waals surface area contributed by atoms with Crippen LogP contribution in [0.25, 0.3) is 104 Å². The normalized spacial score (nSPS) is 11.8. The number of benzene rings is 11. The molecule has 0 bridgehead atoms. The maximum absolute atomic E-state index is 6.49. The first kappa shape index (κ1) is 35.4. The van der Waals surface area contributed by atoms with E-state index in [0.717, 1.165) is 66.8 Å². The lowest BCUT2D eigenvalue weighted by Gasteiger charge is -2.27. The first-order valence-electron chi connectivity index (χ1n) is 21.6. The number of hydrogen-bond donors (Lipinski definition) is 0. The van der Waals surface area contributed by atoms with E-state index in [0.29, 0.717) is 0 Å². The van der Waals surface area contributed by atoms with Crippen LogP contribution in [0.1, 0.15) is 0 Å². The second-order valence-corrected chi connectivity index (χ2v) is 16.5. The van der Waals surface area contributed by atoms with E-state index in [4.69, 9.17) is 4.42 Å². The van der Waals surface area contributed by atoms with Crippen LogP contribution in [0.5, 0.6) is 0 Å². The Kier molecular flexibility index (Phi) is 7.91. The largest absolute Gasteiger partial charge is 0.455 e. The minimum atomic E-state index is 0.896. The molecular weight excluding hydrogens is 765 g/mol. The summed E-state index contributed by atoms with van der Waals surface area (Å²) in [4.78, 5) is 2.38. The highest BCUT2D eigenvalue weighted by molar-refractivity contribution is 6.16. The second-order valence-electron chi connectivity index (χ2n) is 16.5. The molecule has 0 saturated heterocycles. The molecule has 0 amide bonds. The Bertz CT molecular complexity index is 3870. The Labute approximate surface area is 363 Å². The third-order valence-electron chi connectivity index (χ3n) is 12.9. The van der Waals surface area contributed by atoms with Crippen LogP contribution < -0.4 is 4.90 Å². The van der Waals surface area contributed by atoms with E-state index in [1.165, 1.54) is 54.3 Å². The summed E-state index contributed by atoms with van der Waals surface area (Å²) in [6.45, 7) is 0. The Morgan fingerprint density at radius 2 is 0.857 bits per heavy atom. The SMILES string of the molecule is c1cc(-c2ccc3oc4c5ccccc5ccc4c3c2)cc(N(c2ccc(-c3cccc(-n4c5ccccc5c5ccccc54)c3)cc2)c2ccc3c(ccc4ccccc43)c2)c1. The number of para-hydroxylation sites is 2. The van der Waals surface area contributed by atoms with Crippen LogP contribution in [-0.2, 0) is 0 Å². The third kappa shape index (κ3) is 5.75. The van der Waals surface area contributed by atoms with Gasteiger partial charge in [0.1, 0.15) is 11.2 Å². The monoisotopic (exact) mass is 802 g/mol. The molecule has 2 heterocycles. The lowest BCUT2D eigenvalue weighted by Crippen LogP contribution is -2.10. The lowest BCUT2D eigenvalue weighted by atomic mass is 9.99. The van der Waals surface area contributed by atoms with Crippen LogP contribution in [0.3, 0.4) is 0 Å². The molecule has 11 aromatic carbocycles. The highest BCUT2D eigenvalue weighted by Gasteiger charge is 2.18. The van der Waals surface area contributed by atoms with Gasteiger partial charge in [0.2, 0.25) is 0 Å². The average Bonchev–Trinajstić information content (AvgIpc) is 3.90. The summed E-state index contributed by atoms with van der Waals surface area (Å²) in [6, 6.07) is 83.6. The fraction of sp³-hybridized carbons (Fsp3) is 0. The summed E-state index contributed by atoms with van der Waals surface area (Å²) >= 11 is 0. The van der Waals surface area contributed by atoms with E-state index in [1.807, 2.05) is 0 Å². The second kappa shape index (κ2) is 14.1. The molecule has 0 radical (unpaired) electrons.